The third kappa shape index (κ3) is 1.29. The second-order valence-electron chi connectivity index (χ2n) is 7.17. The van der Waals surface area contributed by atoms with Crippen LogP contribution in [-0.2, 0) is 4.79 Å². The molecule has 3 N–H and O–H groups in total. The van der Waals surface area contributed by atoms with Gasteiger partial charge in [0.25, 0.3) is 0 Å². The van der Waals surface area contributed by atoms with Crippen LogP contribution in [0.25, 0.3) is 0 Å². The Morgan fingerprint density at radius 3 is 2.29 bits per heavy atom. The van der Waals surface area contributed by atoms with Crippen molar-refractivity contribution >= 4 is 5.97 Å². The minimum absolute atomic E-state index is 0.118. The maximum absolute atomic E-state index is 11.7. The summed E-state index contributed by atoms with van der Waals surface area (Å²) in [5.41, 5.74) is 5.75. The molecule has 4 aliphatic rings. The van der Waals surface area contributed by atoms with Crippen LogP contribution in [0.1, 0.15) is 46.0 Å². The summed E-state index contributed by atoms with van der Waals surface area (Å²) in [6.45, 7) is 4.65. The molecule has 2 bridgehead atoms. The van der Waals surface area contributed by atoms with Crippen LogP contribution < -0.4 is 5.73 Å². The van der Waals surface area contributed by atoms with Crippen molar-refractivity contribution in [2.75, 3.05) is 0 Å². The molecule has 4 rings (SSSR count). The molecule has 17 heavy (non-hydrogen) atoms. The fourth-order valence-corrected chi connectivity index (χ4v) is 4.98. The molecular formula is C14H23NO2. The normalized spacial score (nSPS) is 51.2. The molecule has 0 radical (unpaired) electrons. The van der Waals surface area contributed by atoms with Crippen molar-refractivity contribution in [3.05, 3.63) is 0 Å². The minimum Gasteiger partial charge on any atom is -0.481 e. The molecule has 96 valence electrons. The number of hydrogen-bond acceptors (Lipinski definition) is 2. The van der Waals surface area contributed by atoms with Gasteiger partial charge in [-0.15, -0.1) is 0 Å². The Balaban J connectivity index is 1.86. The smallest absolute Gasteiger partial charge is 0.310 e. The lowest BCUT2D eigenvalue weighted by Crippen LogP contribution is -2.63. The molecule has 0 saturated heterocycles. The van der Waals surface area contributed by atoms with Gasteiger partial charge >= 0.3 is 5.97 Å². The largest absolute Gasteiger partial charge is 0.481 e. The summed E-state index contributed by atoms with van der Waals surface area (Å²) in [6, 6.07) is 0.118. The standard InChI is InChI=1S/C14H23NO2/c1-13(2)8-3-4-10(11(13)5-8)14(12(16)17)6-9(15)7-14/h8-11H,3-7,15H2,1-2H3,(H,16,17). The zero-order valence-corrected chi connectivity index (χ0v) is 10.8. The molecule has 3 heteroatoms. The van der Waals surface area contributed by atoms with Crippen molar-refractivity contribution in [3.8, 4) is 0 Å². The molecule has 0 spiro atoms. The second-order valence-corrected chi connectivity index (χ2v) is 7.17. The van der Waals surface area contributed by atoms with Gasteiger partial charge in [0.15, 0.2) is 0 Å². The van der Waals surface area contributed by atoms with Crippen LogP contribution >= 0.6 is 0 Å². The van der Waals surface area contributed by atoms with E-state index in [2.05, 4.69) is 13.8 Å². The molecule has 3 nitrogen and oxygen atoms in total. The van der Waals surface area contributed by atoms with Gasteiger partial charge in [-0.1, -0.05) is 13.8 Å². The van der Waals surface area contributed by atoms with Crippen molar-refractivity contribution in [1.29, 1.82) is 0 Å². The third-order valence-electron chi connectivity index (χ3n) is 6.25. The molecule has 4 aliphatic carbocycles. The number of nitrogens with two attached hydrogens (primary N) is 1. The van der Waals surface area contributed by atoms with Crippen LogP contribution in [0.4, 0.5) is 0 Å². The summed E-state index contributed by atoms with van der Waals surface area (Å²) in [5, 5.41) is 9.60. The molecule has 3 atom stereocenters. The number of carboxylic acid groups (broad SMARTS) is 1. The lowest BCUT2D eigenvalue weighted by Gasteiger charge is -2.65. The Morgan fingerprint density at radius 1 is 1.24 bits per heavy atom. The van der Waals surface area contributed by atoms with Gasteiger partial charge in [-0.25, -0.2) is 0 Å². The molecule has 0 aromatic heterocycles. The average molecular weight is 237 g/mol. The first kappa shape index (κ1) is 11.5. The number of carboxylic acids is 1. The van der Waals surface area contributed by atoms with E-state index in [1.807, 2.05) is 0 Å². The predicted molar refractivity (Wildman–Crippen MR) is 65.4 cm³/mol. The van der Waals surface area contributed by atoms with E-state index in [1.165, 1.54) is 12.8 Å². The highest BCUT2D eigenvalue weighted by atomic mass is 16.4. The summed E-state index contributed by atoms with van der Waals surface area (Å²) in [7, 11) is 0. The van der Waals surface area contributed by atoms with Gasteiger partial charge in [-0.05, 0) is 55.3 Å². The predicted octanol–water partition coefficient (Wildman–Crippen LogP) is 2.25. The monoisotopic (exact) mass is 237 g/mol. The Kier molecular flexibility index (Phi) is 2.20. The molecule has 0 heterocycles. The fourth-order valence-electron chi connectivity index (χ4n) is 4.98. The first-order valence-corrected chi connectivity index (χ1v) is 6.87. The highest BCUT2D eigenvalue weighted by Crippen LogP contribution is 2.67. The first-order chi connectivity index (χ1) is 7.88. The van der Waals surface area contributed by atoms with Gasteiger partial charge in [0.1, 0.15) is 0 Å². The molecule has 0 aromatic rings. The van der Waals surface area contributed by atoms with Crippen LogP contribution in [0, 0.1) is 28.6 Å². The van der Waals surface area contributed by atoms with Crippen molar-refractivity contribution in [2.45, 2.75) is 52.0 Å². The lowest BCUT2D eigenvalue weighted by molar-refractivity contribution is -0.191. The van der Waals surface area contributed by atoms with Gasteiger partial charge in [-0.2, -0.15) is 0 Å². The van der Waals surface area contributed by atoms with Crippen molar-refractivity contribution in [2.24, 2.45) is 34.3 Å². The minimum atomic E-state index is -0.592. The van der Waals surface area contributed by atoms with E-state index in [4.69, 9.17) is 5.73 Å². The Hall–Kier alpha value is -0.570. The Bertz CT molecular complexity index is 355. The number of hydrogen-bond donors (Lipinski definition) is 2. The van der Waals surface area contributed by atoms with Crippen LogP contribution in [0.5, 0.6) is 0 Å². The van der Waals surface area contributed by atoms with Crippen molar-refractivity contribution in [1.82, 2.24) is 0 Å². The number of fused-ring (bicyclic) bond motifs is 2. The van der Waals surface area contributed by atoms with Crippen LogP contribution in [0.2, 0.25) is 0 Å². The zero-order chi connectivity index (χ0) is 12.4. The highest BCUT2D eigenvalue weighted by molar-refractivity contribution is 5.77. The number of carbonyl (C=O) groups is 1. The van der Waals surface area contributed by atoms with Gasteiger partial charge < -0.3 is 10.8 Å². The number of aliphatic carboxylic acids is 1. The summed E-state index contributed by atoms with van der Waals surface area (Å²) < 4.78 is 0. The summed E-state index contributed by atoms with van der Waals surface area (Å²) >= 11 is 0. The molecule has 0 aromatic carbocycles. The fraction of sp³-hybridized carbons (Fsp3) is 0.929. The molecule has 0 amide bonds. The molecule has 3 unspecified atom stereocenters. The molecule has 0 aliphatic heterocycles. The van der Waals surface area contributed by atoms with E-state index in [-0.39, 0.29) is 6.04 Å². The summed E-state index contributed by atoms with van der Waals surface area (Å²) in [6.07, 6.45) is 4.98. The second kappa shape index (κ2) is 3.25. The van der Waals surface area contributed by atoms with E-state index in [0.29, 0.717) is 30.1 Å². The first-order valence-electron chi connectivity index (χ1n) is 6.87. The van der Waals surface area contributed by atoms with Crippen molar-refractivity contribution < 1.29 is 9.90 Å². The van der Waals surface area contributed by atoms with Crippen LogP contribution in [-0.4, -0.2) is 17.1 Å². The van der Waals surface area contributed by atoms with E-state index >= 15 is 0 Å². The van der Waals surface area contributed by atoms with E-state index < -0.39 is 11.4 Å². The van der Waals surface area contributed by atoms with Gasteiger partial charge in [-0.3, -0.25) is 4.79 Å². The van der Waals surface area contributed by atoms with E-state index in [1.54, 1.807) is 0 Å². The highest BCUT2D eigenvalue weighted by Gasteiger charge is 2.64. The maximum atomic E-state index is 11.7. The lowest BCUT2D eigenvalue weighted by atomic mass is 9.39. The van der Waals surface area contributed by atoms with E-state index in [0.717, 1.165) is 12.3 Å². The van der Waals surface area contributed by atoms with Gasteiger partial charge in [0, 0.05) is 6.04 Å². The quantitative estimate of drug-likeness (QED) is 0.774. The average Bonchev–Trinajstić information content (AvgIpc) is 2.23. The van der Waals surface area contributed by atoms with Crippen LogP contribution in [0.3, 0.4) is 0 Å². The maximum Gasteiger partial charge on any atom is 0.310 e. The zero-order valence-electron chi connectivity index (χ0n) is 10.8. The van der Waals surface area contributed by atoms with Crippen molar-refractivity contribution in [3.63, 3.8) is 0 Å². The molecule has 4 saturated carbocycles. The summed E-state index contributed by atoms with van der Waals surface area (Å²) in [4.78, 5) is 11.7. The Labute approximate surface area is 103 Å². The Morgan fingerprint density at radius 2 is 1.88 bits per heavy atom. The van der Waals surface area contributed by atoms with E-state index in [9.17, 15) is 9.90 Å². The summed E-state index contributed by atoms with van der Waals surface area (Å²) in [5.74, 6) is 1.23. The van der Waals surface area contributed by atoms with Gasteiger partial charge in [0.2, 0.25) is 0 Å². The SMILES string of the molecule is CC1(C)C2CCC(C3(C(=O)O)CC(N)C3)C1C2. The molecule has 4 fully saturated rings. The third-order valence-corrected chi connectivity index (χ3v) is 6.25. The van der Waals surface area contributed by atoms with Crippen LogP contribution in [0.15, 0.2) is 0 Å². The topological polar surface area (TPSA) is 63.3 Å². The van der Waals surface area contributed by atoms with Gasteiger partial charge in [0.05, 0.1) is 5.41 Å². The number of rotatable bonds is 2. The molecular weight excluding hydrogens is 214 g/mol.